The van der Waals surface area contributed by atoms with Gasteiger partial charge in [-0.25, -0.2) is 0 Å². The van der Waals surface area contributed by atoms with Crippen LogP contribution in [0.5, 0.6) is 5.75 Å². The van der Waals surface area contributed by atoms with Crippen molar-refractivity contribution in [1.82, 2.24) is 10.6 Å². The third-order valence-electron chi connectivity index (χ3n) is 3.57. The molecular weight excluding hydrogens is 284 g/mol. The van der Waals surface area contributed by atoms with Crippen LogP contribution in [0.3, 0.4) is 0 Å². The Hall–Kier alpha value is -1.55. The first kappa shape index (κ1) is 15.8. The summed E-state index contributed by atoms with van der Waals surface area (Å²) in [5.74, 6) is 0.970. The van der Waals surface area contributed by atoms with Crippen molar-refractivity contribution in [3.63, 3.8) is 0 Å². The number of ether oxygens (including phenoxy) is 1. The summed E-state index contributed by atoms with van der Waals surface area (Å²) < 4.78 is 6.01. The predicted octanol–water partition coefficient (Wildman–Crippen LogP) is 2.92. The van der Waals surface area contributed by atoms with Crippen molar-refractivity contribution < 1.29 is 4.74 Å². The molecule has 0 spiro atoms. The molecule has 2 N–H and O–H groups in total. The standard InChI is InChI=1S/C17H20N2O.ClH/c1-2-6-14(7-3-1)13-20-17-9-5-4-8-15(17)16-12-18-10-11-19-16;/h1-9,16,18-19H,10-13H2;1H/t16-;/m1./s1. The van der Waals surface area contributed by atoms with Gasteiger partial charge in [0.1, 0.15) is 12.4 Å². The molecule has 0 unspecified atom stereocenters. The molecule has 2 aromatic carbocycles. The Bertz CT molecular complexity index is 541. The summed E-state index contributed by atoms with van der Waals surface area (Å²) in [5.41, 5.74) is 2.42. The van der Waals surface area contributed by atoms with E-state index in [1.165, 1.54) is 11.1 Å². The highest BCUT2D eigenvalue weighted by Crippen LogP contribution is 2.26. The zero-order valence-corrected chi connectivity index (χ0v) is 12.7. The van der Waals surface area contributed by atoms with E-state index in [0.29, 0.717) is 12.6 Å². The van der Waals surface area contributed by atoms with Gasteiger partial charge in [0.05, 0.1) is 0 Å². The van der Waals surface area contributed by atoms with E-state index < -0.39 is 0 Å². The maximum Gasteiger partial charge on any atom is 0.124 e. The first-order valence-electron chi connectivity index (χ1n) is 7.13. The highest BCUT2D eigenvalue weighted by molar-refractivity contribution is 5.85. The summed E-state index contributed by atoms with van der Waals surface area (Å²) in [6, 6.07) is 18.9. The topological polar surface area (TPSA) is 33.3 Å². The van der Waals surface area contributed by atoms with E-state index in [0.717, 1.165) is 25.4 Å². The van der Waals surface area contributed by atoms with Crippen LogP contribution in [0.2, 0.25) is 0 Å². The van der Waals surface area contributed by atoms with Crippen molar-refractivity contribution in [2.45, 2.75) is 12.6 Å². The molecule has 1 saturated heterocycles. The molecule has 112 valence electrons. The summed E-state index contributed by atoms with van der Waals surface area (Å²) in [6.45, 7) is 3.59. The Labute approximate surface area is 132 Å². The first-order valence-corrected chi connectivity index (χ1v) is 7.13. The lowest BCUT2D eigenvalue weighted by molar-refractivity contribution is 0.296. The molecule has 1 fully saturated rings. The Kier molecular flexibility index (Phi) is 6.05. The number of benzene rings is 2. The summed E-state index contributed by atoms with van der Waals surface area (Å²) >= 11 is 0. The molecule has 0 aliphatic carbocycles. The maximum atomic E-state index is 6.01. The lowest BCUT2D eigenvalue weighted by atomic mass is 10.0. The molecule has 0 saturated carbocycles. The van der Waals surface area contributed by atoms with E-state index in [9.17, 15) is 0 Å². The van der Waals surface area contributed by atoms with E-state index in [1.807, 2.05) is 24.3 Å². The van der Waals surface area contributed by atoms with E-state index in [2.05, 4.69) is 41.0 Å². The monoisotopic (exact) mass is 304 g/mol. The molecule has 4 heteroatoms. The Balaban J connectivity index is 0.00000161. The number of hydrogen-bond donors (Lipinski definition) is 2. The summed E-state index contributed by atoms with van der Waals surface area (Å²) in [5, 5.41) is 6.95. The van der Waals surface area contributed by atoms with Gasteiger partial charge in [-0.15, -0.1) is 12.4 Å². The molecular formula is C17H21ClN2O. The quantitative estimate of drug-likeness (QED) is 0.911. The van der Waals surface area contributed by atoms with Gasteiger partial charge in [-0.05, 0) is 11.6 Å². The zero-order chi connectivity index (χ0) is 13.6. The van der Waals surface area contributed by atoms with Crippen LogP contribution in [0.15, 0.2) is 54.6 Å². The summed E-state index contributed by atoms with van der Waals surface area (Å²) in [6.07, 6.45) is 0. The second-order valence-corrected chi connectivity index (χ2v) is 5.02. The number of hydrogen-bond acceptors (Lipinski definition) is 3. The van der Waals surface area contributed by atoms with E-state index in [-0.39, 0.29) is 12.4 Å². The van der Waals surface area contributed by atoms with Gasteiger partial charge in [0.25, 0.3) is 0 Å². The molecule has 0 amide bonds. The van der Waals surface area contributed by atoms with Crippen molar-refractivity contribution in [3.8, 4) is 5.75 Å². The van der Waals surface area contributed by atoms with Gasteiger partial charge in [-0.2, -0.15) is 0 Å². The minimum atomic E-state index is 0. The Morgan fingerprint density at radius 3 is 2.48 bits per heavy atom. The summed E-state index contributed by atoms with van der Waals surface area (Å²) in [4.78, 5) is 0. The van der Waals surface area contributed by atoms with Crippen LogP contribution in [0.4, 0.5) is 0 Å². The minimum Gasteiger partial charge on any atom is -0.489 e. The average molecular weight is 305 g/mol. The van der Waals surface area contributed by atoms with Crippen molar-refractivity contribution in [3.05, 3.63) is 65.7 Å². The van der Waals surface area contributed by atoms with E-state index in [1.54, 1.807) is 0 Å². The fourth-order valence-electron chi connectivity index (χ4n) is 2.51. The molecule has 21 heavy (non-hydrogen) atoms. The molecule has 1 aliphatic rings. The van der Waals surface area contributed by atoms with Gasteiger partial charge in [0.15, 0.2) is 0 Å². The number of piperazine rings is 1. The van der Waals surface area contributed by atoms with Crippen molar-refractivity contribution in [1.29, 1.82) is 0 Å². The van der Waals surface area contributed by atoms with Crippen molar-refractivity contribution in [2.75, 3.05) is 19.6 Å². The van der Waals surface area contributed by atoms with Crippen LogP contribution >= 0.6 is 12.4 Å². The second-order valence-electron chi connectivity index (χ2n) is 5.02. The lowest BCUT2D eigenvalue weighted by Gasteiger charge is -2.26. The van der Waals surface area contributed by atoms with Gasteiger partial charge in [0.2, 0.25) is 0 Å². The second kappa shape index (κ2) is 8.03. The lowest BCUT2D eigenvalue weighted by Crippen LogP contribution is -2.42. The maximum absolute atomic E-state index is 6.01. The van der Waals surface area contributed by atoms with E-state index in [4.69, 9.17) is 4.74 Å². The fraction of sp³-hybridized carbons (Fsp3) is 0.294. The van der Waals surface area contributed by atoms with Crippen LogP contribution < -0.4 is 15.4 Å². The normalized spacial score (nSPS) is 17.8. The molecule has 1 aliphatic heterocycles. The molecule has 0 aromatic heterocycles. The number of halogens is 1. The summed E-state index contributed by atoms with van der Waals surface area (Å²) in [7, 11) is 0. The average Bonchev–Trinajstić information content (AvgIpc) is 2.55. The molecule has 3 rings (SSSR count). The zero-order valence-electron chi connectivity index (χ0n) is 11.9. The molecule has 3 nitrogen and oxygen atoms in total. The Morgan fingerprint density at radius 1 is 0.952 bits per heavy atom. The molecule has 1 heterocycles. The predicted molar refractivity (Wildman–Crippen MR) is 88.1 cm³/mol. The Morgan fingerprint density at radius 2 is 1.71 bits per heavy atom. The SMILES string of the molecule is Cl.c1ccc(COc2ccccc2[C@H]2CNCCN2)cc1. The molecule has 0 bridgehead atoms. The first-order chi connectivity index (χ1) is 9.93. The van der Waals surface area contributed by atoms with Gasteiger partial charge in [0, 0.05) is 31.2 Å². The van der Waals surface area contributed by atoms with Gasteiger partial charge < -0.3 is 15.4 Å². The third-order valence-corrected chi connectivity index (χ3v) is 3.57. The smallest absolute Gasteiger partial charge is 0.124 e. The van der Waals surface area contributed by atoms with Crippen LogP contribution in [-0.2, 0) is 6.61 Å². The highest BCUT2D eigenvalue weighted by atomic mass is 35.5. The third kappa shape index (κ3) is 4.21. The van der Waals surface area contributed by atoms with Crippen molar-refractivity contribution >= 4 is 12.4 Å². The molecule has 0 radical (unpaired) electrons. The molecule has 2 aromatic rings. The van der Waals surface area contributed by atoms with Crippen LogP contribution in [0, 0.1) is 0 Å². The van der Waals surface area contributed by atoms with Crippen molar-refractivity contribution in [2.24, 2.45) is 0 Å². The van der Waals surface area contributed by atoms with Gasteiger partial charge in [-0.3, -0.25) is 0 Å². The van der Waals surface area contributed by atoms with Gasteiger partial charge in [-0.1, -0.05) is 48.5 Å². The minimum absolute atomic E-state index is 0. The number of rotatable bonds is 4. The number of nitrogens with one attached hydrogen (secondary N) is 2. The highest BCUT2D eigenvalue weighted by Gasteiger charge is 2.17. The molecule has 1 atom stereocenters. The van der Waals surface area contributed by atoms with Crippen LogP contribution in [0.25, 0.3) is 0 Å². The van der Waals surface area contributed by atoms with E-state index >= 15 is 0 Å². The fourth-order valence-corrected chi connectivity index (χ4v) is 2.51. The van der Waals surface area contributed by atoms with Crippen LogP contribution in [0.1, 0.15) is 17.2 Å². The largest absolute Gasteiger partial charge is 0.489 e. The van der Waals surface area contributed by atoms with Gasteiger partial charge >= 0.3 is 0 Å². The number of para-hydroxylation sites is 1. The van der Waals surface area contributed by atoms with Crippen LogP contribution in [-0.4, -0.2) is 19.6 Å².